The second-order valence-electron chi connectivity index (χ2n) is 4.36. The van der Waals surface area contributed by atoms with Crippen molar-refractivity contribution in [3.05, 3.63) is 29.3 Å². The number of aryl methyl sites for hydroxylation is 1. The number of benzene rings is 1. The minimum atomic E-state index is -0.598. The molecule has 0 aliphatic heterocycles. The van der Waals surface area contributed by atoms with Crippen LogP contribution in [0, 0.1) is 6.92 Å². The summed E-state index contributed by atoms with van der Waals surface area (Å²) in [7, 11) is 0. The van der Waals surface area contributed by atoms with Crippen molar-refractivity contribution in [1.82, 2.24) is 0 Å². The summed E-state index contributed by atoms with van der Waals surface area (Å²) in [6.07, 6.45) is -0.598. The van der Waals surface area contributed by atoms with Gasteiger partial charge in [-0.1, -0.05) is 26.0 Å². The Morgan fingerprint density at radius 3 is 2.44 bits per heavy atom. The van der Waals surface area contributed by atoms with Crippen molar-refractivity contribution in [3.8, 4) is 5.75 Å². The number of rotatable bonds is 4. The smallest absolute Gasteiger partial charge is 0.258 e. The highest BCUT2D eigenvalue weighted by molar-refractivity contribution is 5.78. The van der Waals surface area contributed by atoms with Crippen LogP contribution in [-0.2, 0) is 4.79 Å². The number of ether oxygens (including phenoxy) is 1. The lowest BCUT2D eigenvalue weighted by Crippen LogP contribution is -2.31. The van der Waals surface area contributed by atoms with Gasteiger partial charge in [0.15, 0.2) is 6.10 Å². The fourth-order valence-electron chi connectivity index (χ4n) is 1.47. The summed E-state index contributed by atoms with van der Waals surface area (Å²) in [5.74, 6) is 0.660. The summed E-state index contributed by atoms with van der Waals surface area (Å²) in [5, 5.41) is 0. The molecule has 1 aromatic carbocycles. The van der Waals surface area contributed by atoms with Gasteiger partial charge in [-0.3, -0.25) is 4.79 Å². The third-order valence-corrected chi connectivity index (χ3v) is 2.50. The molecule has 0 aromatic heterocycles. The average Bonchev–Trinajstić information content (AvgIpc) is 2.16. The molecule has 0 aliphatic rings. The van der Waals surface area contributed by atoms with Crippen molar-refractivity contribution in [1.29, 1.82) is 0 Å². The van der Waals surface area contributed by atoms with Gasteiger partial charge in [0.2, 0.25) is 0 Å². The lowest BCUT2D eigenvalue weighted by molar-refractivity contribution is -0.124. The first-order valence-corrected chi connectivity index (χ1v) is 5.48. The van der Waals surface area contributed by atoms with Crippen LogP contribution in [0.15, 0.2) is 18.2 Å². The Morgan fingerprint density at radius 1 is 1.31 bits per heavy atom. The number of amides is 1. The molecule has 0 spiro atoms. The highest BCUT2D eigenvalue weighted by atomic mass is 16.5. The molecule has 0 radical (unpaired) electrons. The molecule has 1 rings (SSSR count). The molecule has 0 saturated heterocycles. The quantitative estimate of drug-likeness (QED) is 0.848. The molecule has 0 bridgehead atoms. The maximum atomic E-state index is 11.0. The predicted molar refractivity (Wildman–Crippen MR) is 64.6 cm³/mol. The molecular weight excluding hydrogens is 202 g/mol. The molecule has 1 unspecified atom stereocenters. The van der Waals surface area contributed by atoms with Crippen molar-refractivity contribution < 1.29 is 9.53 Å². The number of carbonyl (C=O) groups is 1. The van der Waals surface area contributed by atoms with Gasteiger partial charge in [-0.2, -0.15) is 0 Å². The van der Waals surface area contributed by atoms with E-state index >= 15 is 0 Å². The van der Waals surface area contributed by atoms with E-state index in [-0.39, 0.29) is 0 Å². The van der Waals surface area contributed by atoms with E-state index in [1.54, 1.807) is 6.92 Å². The summed E-state index contributed by atoms with van der Waals surface area (Å²) < 4.78 is 5.57. The van der Waals surface area contributed by atoms with Gasteiger partial charge in [-0.25, -0.2) is 0 Å². The van der Waals surface area contributed by atoms with Crippen molar-refractivity contribution in [2.24, 2.45) is 5.73 Å². The van der Waals surface area contributed by atoms with Crippen molar-refractivity contribution in [2.75, 3.05) is 0 Å². The van der Waals surface area contributed by atoms with Crippen LogP contribution in [0.4, 0.5) is 0 Å². The maximum Gasteiger partial charge on any atom is 0.258 e. The summed E-state index contributed by atoms with van der Waals surface area (Å²) >= 11 is 0. The highest BCUT2D eigenvalue weighted by Gasteiger charge is 2.14. The van der Waals surface area contributed by atoms with Gasteiger partial charge in [-0.15, -0.1) is 0 Å². The predicted octanol–water partition coefficient (Wildman–Crippen LogP) is 2.37. The number of carbonyl (C=O) groups excluding carboxylic acids is 1. The fraction of sp³-hybridized carbons (Fsp3) is 0.462. The van der Waals surface area contributed by atoms with E-state index < -0.39 is 12.0 Å². The molecule has 16 heavy (non-hydrogen) atoms. The van der Waals surface area contributed by atoms with Crippen LogP contribution in [-0.4, -0.2) is 12.0 Å². The zero-order valence-corrected chi connectivity index (χ0v) is 10.3. The van der Waals surface area contributed by atoms with Gasteiger partial charge in [0.1, 0.15) is 5.75 Å². The molecule has 0 fully saturated rings. The zero-order valence-electron chi connectivity index (χ0n) is 10.3. The minimum absolute atomic E-state index is 0.357. The number of hydrogen-bond acceptors (Lipinski definition) is 2. The third kappa shape index (κ3) is 2.99. The van der Waals surface area contributed by atoms with E-state index in [0.717, 1.165) is 16.9 Å². The topological polar surface area (TPSA) is 52.3 Å². The van der Waals surface area contributed by atoms with Crippen molar-refractivity contribution in [2.45, 2.75) is 39.7 Å². The van der Waals surface area contributed by atoms with Crippen LogP contribution < -0.4 is 10.5 Å². The van der Waals surface area contributed by atoms with Gasteiger partial charge >= 0.3 is 0 Å². The molecule has 1 amide bonds. The first-order valence-electron chi connectivity index (χ1n) is 5.48. The van der Waals surface area contributed by atoms with Crippen LogP contribution in [0.1, 0.15) is 37.8 Å². The van der Waals surface area contributed by atoms with E-state index in [0.29, 0.717) is 5.92 Å². The van der Waals surface area contributed by atoms with Gasteiger partial charge in [0.25, 0.3) is 5.91 Å². The van der Waals surface area contributed by atoms with Gasteiger partial charge in [-0.05, 0) is 37.0 Å². The molecule has 0 aliphatic carbocycles. The monoisotopic (exact) mass is 221 g/mol. The molecular formula is C13H19NO2. The third-order valence-electron chi connectivity index (χ3n) is 2.50. The summed E-state index contributed by atoms with van der Waals surface area (Å²) in [4.78, 5) is 11.0. The Kier molecular flexibility index (Phi) is 3.93. The Bertz CT molecular complexity index is 386. The van der Waals surface area contributed by atoms with E-state index in [1.807, 2.05) is 25.1 Å². The molecule has 0 heterocycles. The normalized spacial score (nSPS) is 12.6. The van der Waals surface area contributed by atoms with Gasteiger partial charge in [0, 0.05) is 0 Å². The van der Waals surface area contributed by atoms with Crippen LogP contribution in [0.3, 0.4) is 0 Å². The van der Waals surface area contributed by atoms with Crippen molar-refractivity contribution in [3.63, 3.8) is 0 Å². The largest absolute Gasteiger partial charge is 0.481 e. The molecule has 3 nitrogen and oxygen atoms in total. The lowest BCUT2D eigenvalue weighted by Gasteiger charge is -2.17. The summed E-state index contributed by atoms with van der Waals surface area (Å²) in [6.45, 7) is 7.83. The average molecular weight is 221 g/mol. The Morgan fingerprint density at radius 2 is 1.94 bits per heavy atom. The minimum Gasteiger partial charge on any atom is -0.481 e. The molecule has 88 valence electrons. The molecule has 2 N–H and O–H groups in total. The Hall–Kier alpha value is -1.51. The second-order valence-corrected chi connectivity index (χ2v) is 4.36. The van der Waals surface area contributed by atoms with Crippen molar-refractivity contribution >= 4 is 5.91 Å². The molecule has 1 aromatic rings. The van der Waals surface area contributed by atoms with E-state index in [1.165, 1.54) is 0 Å². The van der Waals surface area contributed by atoms with Crippen LogP contribution in [0.5, 0.6) is 5.75 Å². The Labute approximate surface area is 96.6 Å². The second kappa shape index (κ2) is 5.01. The molecule has 0 saturated carbocycles. The first-order chi connectivity index (χ1) is 7.41. The first kappa shape index (κ1) is 12.6. The summed E-state index contributed by atoms with van der Waals surface area (Å²) in [5.41, 5.74) is 7.39. The van der Waals surface area contributed by atoms with Gasteiger partial charge < -0.3 is 10.5 Å². The van der Waals surface area contributed by atoms with Crippen LogP contribution in [0.2, 0.25) is 0 Å². The van der Waals surface area contributed by atoms with E-state index in [2.05, 4.69) is 13.8 Å². The van der Waals surface area contributed by atoms with E-state index in [4.69, 9.17) is 10.5 Å². The standard InChI is InChI=1S/C13H19NO2/c1-8(2)11-6-5-9(3)7-12(11)16-10(4)13(14)15/h5-8,10H,1-4H3,(H2,14,15). The van der Waals surface area contributed by atoms with E-state index in [9.17, 15) is 4.79 Å². The summed E-state index contributed by atoms with van der Waals surface area (Å²) in [6, 6.07) is 6.01. The lowest BCUT2D eigenvalue weighted by atomic mass is 10.0. The zero-order chi connectivity index (χ0) is 12.3. The Balaban J connectivity index is 3.01. The molecule has 1 atom stereocenters. The maximum absolute atomic E-state index is 11.0. The van der Waals surface area contributed by atoms with Gasteiger partial charge in [0.05, 0.1) is 0 Å². The number of primary amides is 1. The fourth-order valence-corrected chi connectivity index (χ4v) is 1.47. The number of hydrogen-bond donors (Lipinski definition) is 1. The van der Waals surface area contributed by atoms with Crippen LogP contribution >= 0.6 is 0 Å². The van der Waals surface area contributed by atoms with Crippen LogP contribution in [0.25, 0.3) is 0 Å². The SMILES string of the molecule is Cc1ccc(C(C)C)c(OC(C)C(N)=O)c1. The number of nitrogens with two attached hydrogens (primary N) is 1. The molecule has 3 heteroatoms. The highest BCUT2D eigenvalue weighted by Crippen LogP contribution is 2.28.